The lowest BCUT2D eigenvalue weighted by Crippen LogP contribution is -2.11. The molecule has 2 rings (SSSR count). The number of hydrogen-bond donors (Lipinski definition) is 1. The average molecular weight is 270 g/mol. The smallest absolute Gasteiger partial charge is 0.319 e. The average Bonchev–Trinajstić information content (AvgIpc) is 2.84. The molecule has 19 heavy (non-hydrogen) atoms. The summed E-state index contributed by atoms with van der Waals surface area (Å²) in [6.07, 6.45) is -2.28. The molecule has 1 aromatic heterocycles. The highest BCUT2D eigenvalue weighted by Gasteiger charge is 2.33. The van der Waals surface area contributed by atoms with Crippen LogP contribution in [0.2, 0.25) is 0 Å². The molecular formula is C12H13F3N4. The fourth-order valence-electron chi connectivity index (χ4n) is 1.70. The molecule has 1 N–H and O–H groups in total. The number of nitrogens with one attached hydrogen (secondary N) is 1. The third-order valence-electron chi connectivity index (χ3n) is 2.63. The first-order chi connectivity index (χ1) is 9.02. The Labute approximate surface area is 108 Å². The molecule has 7 heteroatoms. The van der Waals surface area contributed by atoms with Gasteiger partial charge in [-0.1, -0.05) is 17.3 Å². The van der Waals surface area contributed by atoms with Crippen molar-refractivity contribution < 1.29 is 13.2 Å². The van der Waals surface area contributed by atoms with Gasteiger partial charge in [0, 0.05) is 13.0 Å². The van der Waals surface area contributed by atoms with Crippen molar-refractivity contribution in [3.63, 3.8) is 0 Å². The molecule has 1 aromatic carbocycles. The van der Waals surface area contributed by atoms with Gasteiger partial charge >= 0.3 is 6.18 Å². The van der Waals surface area contributed by atoms with Gasteiger partial charge in [-0.3, -0.25) is 0 Å². The molecule has 0 spiro atoms. The summed E-state index contributed by atoms with van der Waals surface area (Å²) in [4.78, 5) is 0. The first-order valence-electron chi connectivity index (χ1n) is 5.75. The number of benzene rings is 1. The molecular weight excluding hydrogens is 257 g/mol. The van der Waals surface area contributed by atoms with Gasteiger partial charge in [0.05, 0.1) is 23.1 Å². The van der Waals surface area contributed by atoms with Gasteiger partial charge in [0.15, 0.2) is 0 Å². The van der Waals surface area contributed by atoms with Crippen molar-refractivity contribution in [1.29, 1.82) is 0 Å². The first kappa shape index (κ1) is 13.5. The number of alkyl halides is 3. The molecule has 0 radical (unpaired) electrons. The van der Waals surface area contributed by atoms with E-state index in [0.717, 1.165) is 10.7 Å². The summed E-state index contributed by atoms with van der Waals surface area (Å²) in [5.41, 5.74) is -0.0930. The minimum absolute atomic E-state index is 0.0155. The van der Waals surface area contributed by atoms with Crippen LogP contribution in [-0.4, -0.2) is 28.6 Å². The van der Waals surface area contributed by atoms with Crippen LogP contribution in [0.25, 0.3) is 5.69 Å². The number of likely N-dealkylation sites (N-methyl/N-ethyl adjacent to an activating group) is 1. The van der Waals surface area contributed by atoms with Crippen molar-refractivity contribution in [2.75, 3.05) is 13.6 Å². The summed E-state index contributed by atoms with van der Waals surface area (Å²) >= 11 is 0. The fraction of sp³-hybridized carbons (Fsp3) is 0.333. The highest BCUT2D eigenvalue weighted by atomic mass is 19.4. The lowest BCUT2D eigenvalue weighted by atomic mass is 10.1. The van der Waals surface area contributed by atoms with E-state index in [0.29, 0.717) is 18.7 Å². The molecule has 0 unspecified atom stereocenters. The summed E-state index contributed by atoms with van der Waals surface area (Å²) in [6.45, 7) is 0.694. The summed E-state index contributed by atoms with van der Waals surface area (Å²) in [5.74, 6) is 0. The van der Waals surface area contributed by atoms with Crippen LogP contribution in [-0.2, 0) is 12.6 Å². The Bertz CT molecular complexity index is 548. The first-order valence-corrected chi connectivity index (χ1v) is 5.75. The number of para-hydroxylation sites is 1. The lowest BCUT2D eigenvalue weighted by Gasteiger charge is -2.11. The summed E-state index contributed by atoms with van der Waals surface area (Å²) in [5, 5.41) is 10.6. The highest BCUT2D eigenvalue weighted by molar-refractivity contribution is 5.42. The second-order valence-electron chi connectivity index (χ2n) is 4.02. The van der Waals surface area contributed by atoms with E-state index in [1.54, 1.807) is 13.1 Å². The summed E-state index contributed by atoms with van der Waals surface area (Å²) in [6, 6.07) is 5.30. The monoisotopic (exact) mass is 270 g/mol. The molecule has 0 fully saturated rings. The maximum Gasteiger partial charge on any atom is 0.418 e. The molecule has 0 saturated carbocycles. The molecule has 102 valence electrons. The molecule has 1 heterocycles. The van der Waals surface area contributed by atoms with E-state index in [1.807, 2.05) is 0 Å². The van der Waals surface area contributed by atoms with Crippen molar-refractivity contribution >= 4 is 0 Å². The van der Waals surface area contributed by atoms with Crippen LogP contribution in [0.4, 0.5) is 13.2 Å². The zero-order valence-corrected chi connectivity index (χ0v) is 10.3. The van der Waals surface area contributed by atoms with Crippen molar-refractivity contribution in [2.24, 2.45) is 0 Å². The van der Waals surface area contributed by atoms with E-state index in [4.69, 9.17) is 0 Å². The molecule has 0 aliphatic rings. The third-order valence-corrected chi connectivity index (χ3v) is 2.63. The van der Waals surface area contributed by atoms with E-state index >= 15 is 0 Å². The molecule has 0 bridgehead atoms. The maximum atomic E-state index is 12.9. The molecule has 0 aliphatic carbocycles. The van der Waals surface area contributed by atoms with Crippen molar-refractivity contribution in [2.45, 2.75) is 12.6 Å². The van der Waals surface area contributed by atoms with Gasteiger partial charge in [-0.05, 0) is 19.2 Å². The van der Waals surface area contributed by atoms with Crippen molar-refractivity contribution in [3.05, 3.63) is 41.7 Å². The van der Waals surface area contributed by atoms with Gasteiger partial charge in [-0.2, -0.15) is 13.2 Å². The zero-order chi connectivity index (χ0) is 13.9. The zero-order valence-electron chi connectivity index (χ0n) is 10.3. The largest absolute Gasteiger partial charge is 0.418 e. The molecule has 0 atom stereocenters. The maximum absolute atomic E-state index is 12.9. The van der Waals surface area contributed by atoms with E-state index in [-0.39, 0.29) is 5.69 Å². The Kier molecular flexibility index (Phi) is 3.84. The van der Waals surface area contributed by atoms with Gasteiger partial charge in [-0.25, -0.2) is 4.68 Å². The SMILES string of the molecule is CNCCc1cn(-c2ccccc2C(F)(F)F)nn1. The quantitative estimate of drug-likeness (QED) is 0.924. The second kappa shape index (κ2) is 5.40. The van der Waals surface area contributed by atoms with E-state index in [9.17, 15) is 13.2 Å². The predicted octanol–water partition coefficient (Wildman–Crippen LogP) is 2.05. The van der Waals surface area contributed by atoms with Gasteiger partial charge < -0.3 is 5.32 Å². The number of rotatable bonds is 4. The predicted molar refractivity (Wildman–Crippen MR) is 64.0 cm³/mol. The van der Waals surface area contributed by atoms with E-state index in [1.165, 1.54) is 18.3 Å². The fourth-order valence-corrected chi connectivity index (χ4v) is 1.70. The Hall–Kier alpha value is -1.89. The Morgan fingerprint density at radius 3 is 2.68 bits per heavy atom. The van der Waals surface area contributed by atoms with Gasteiger partial charge in [0.25, 0.3) is 0 Å². The Balaban J connectivity index is 2.34. The molecule has 0 amide bonds. The van der Waals surface area contributed by atoms with Gasteiger partial charge in [0.1, 0.15) is 0 Å². The highest BCUT2D eigenvalue weighted by Crippen LogP contribution is 2.33. The lowest BCUT2D eigenvalue weighted by molar-refractivity contribution is -0.137. The van der Waals surface area contributed by atoms with Crippen LogP contribution >= 0.6 is 0 Å². The van der Waals surface area contributed by atoms with Crippen LogP contribution in [0.5, 0.6) is 0 Å². The molecule has 4 nitrogen and oxygen atoms in total. The van der Waals surface area contributed by atoms with Crippen LogP contribution in [0.1, 0.15) is 11.3 Å². The number of hydrogen-bond acceptors (Lipinski definition) is 3. The molecule has 2 aromatic rings. The number of aromatic nitrogens is 3. The Morgan fingerprint density at radius 1 is 1.26 bits per heavy atom. The molecule has 0 saturated heterocycles. The van der Waals surface area contributed by atoms with Crippen LogP contribution in [0.15, 0.2) is 30.5 Å². The minimum atomic E-state index is -4.41. The topological polar surface area (TPSA) is 42.7 Å². The summed E-state index contributed by atoms with van der Waals surface area (Å²) < 4.78 is 39.8. The standard InChI is InChI=1S/C12H13F3N4/c1-16-7-6-9-8-19(18-17-9)11-5-3-2-4-10(11)12(13,14)15/h2-5,8,16H,6-7H2,1H3. The second-order valence-corrected chi connectivity index (χ2v) is 4.02. The molecule has 0 aliphatic heterocycles. The van der Waals surface area contributed by atoms with Gasteiger partial charge in [-0.15, -0.1) is 5.10 Å². The minimum Gasteiger partial charge on any atom is -0.319 e. The number of nitrogens with zero attached hydrogens (tertiary/aromatic N) is 3. The van der Waals surface area contributed by atoms with Crippen LogP contribution < -0.4 is 5.32 Å². The van der Waals surface area contributed by atoms with E-state index < -0.39 is 11.7 Å². The van der Waals surface area contributed by atoms with Crippen molar-refractivity contribution in [1.82, 2.24) is 20.3 Å². The van der Waals surface area contributed by atoms with Crippen molar-refractivity contribution in [3.8, 4) is 5.69 Å². The number of halogens is 3. The summed E-state index contributed by atoms with van der Waals surface area (Å²) in [7, 11) is 1.80. The van der Waals surface area contributed by atoms with Gasteiger partial charge in [0.2, 0.25) is 0 Å². The Morgan fingerprint density at radius 2 is 2.00 bits per heavy atom. The van der Waals surface area contributed by atoms with Crippen LogP contribution in [0.3, 0.4) is 0 Å². The normalized spacial score (nSPS) is 11.8. The third kappa shape index (κ3) is 3.11. The van der Waals surface area contributed by atoms with Crippen LogP contribution in [0, 0.1) is 0 Å². The van der Waals surface area contributed by atoms with E-state index in [2.05, 4.69) is 15.6 Å².